The Labute approximate surface area is 526 Å². The van der Waals surface area contributed by atoms with Gasteiger partial charge in [-0.15, -0.1) is 6.58 Å². The van der Waals surface area contributed by atoms with Crippen LogP contribution in [0.15, 0.2) is 134 Å². The van der Waals surface area contributed by atoms with E-state index in [0.717, 1.165) is 70.6 Å². The van der Waals surface area contributed by atoms with Crippen molar-refractivity contribution in [3.63, 3.8) is 0 Å². The predicted octanol–water partition coefficient (Wildman–Crippen LogP) is 12.2. The van der Waals surface area contributed by atoms with Crippen molar-refractivity contribution < 1.29 is 43.1 Å². The van der Waals surface area contributed by atoms with Crippen LogP contribution in [0.25, 0.3) is 55.7 Å². The van der Waals surface area contributed by atoms with E-state index in [-0.39, 0.29) is 36.4 Å². The summed E-state index contributed by atoms with van der Waals surface area (Å²) in [6.45, 7) is 15.6. The third-order valence-corrected chi connectivity index (χ3v) is 17.7. The van der Waals surface area contributed by atoms with E-state index < -0.39 is 17.0 Å². The van der Waals surface area contributed by atoms with Gasteiger partial charge in [0.25, 0.3) is 0 Å². The normalized spacial score (nSPS) is 16.3. The second kappa shape index (κ2) is 23.0. The van der Waals surface area contributed by atoms with Gasteiger partial charge in [-0.05, 0) is 95.0 Å². The smallest absolute Gasteiger partial charge is 0.195 e. The van der Waals surface area contributed by atoms with Gasteiger partial charge in [0.2, 0.25) is 0 Å². The summed E-state index contributed by atoms with van der Waals surface area (Å²) in [6, 6.07) is 36.0. The first kappa shape index (κ1) is 59.3. The lowest BCUT2D eigenvalue weighted by atomic mass is 9.93. The Kier molecular flexibility index (Phi) is 15.0. The number of likely N-dealkylation sites (tertiary alicyclic amines) is 1. The summed E-state index contributed by atoms with van der Waals surface area (Å²) in [7, 11) is 8.18. The summed E-state index contributed by atoms with van der Waals surface area (Å²) < 4.78 is 39.9. The molecule has 3 aliphatic rings. The van der Waals surface area contributed by atoms with Gasteiger partial charge >= 0.3 is 0 Å². The van der Waals surface area contributed by atoms with Gasteiger partial charge in [-0.25, -0.2) is 15.0 Å². The monoisotopic (exact) mass is 1220 g/mol. The number of imidazole rings is 3. The minimum Gasteiger partial charge on any atom is -0.505 e. The number of H-pyrrole nitrogens is 2. The number of nitrogens with zero attached hydrogens (tertiary/aromatic N) is 8. The number of nitrogens with one attached hydrogen (secondary N) is 4. The lowest BCUT2D eigenvalue weighted by Crippen LogP contribution is -2.47. The SMILES string of the molecule is C=CCn1c(C2C(=N)N(c3cc(OC)cc(OCc4ccc5nc(C6=C(N7CCCC7)N(c7cc(OC)cc(OC)c7)C(C)(C)C6=O)[nH]c5c4)c3)C(C)(C)C2=O)nc2ccc(COc3cc(OC)cc(-n4c(C)c(O)c(-c5nc6ccccc6[nH]5)c4NC)c3)cc21. The first-order chi connectivity index (χ1) is 43.9. The molecule has 0 amide bonds. The molecule has 0 aliphatic carbocycles. The fraction of sp³-hybridized carbons (Fsp3) is 0.286. The highest BCUT2D eigenvalue weighted by atomic mass is 16.5. The van der Waals surface area contributed by atoms with E-state index in [2.05, 4.69) is 31.7 Å². The van der Waals surface area contributed by atoms with E-state index in [9.17, 15) is 20.1 Å². The summed E-state index contributed by atoms with van der Waals surface area (Å²) in [5.41, 5.74) is 7.57. The van der Waals surface area contributed by atoms with Crippen LogP contribution >= 0.6 is 0 Å². The number of rotatable bonds is 20. The molecule has 466 valence electrons. The number of ketones is 2. The Bertz CT molecular complexity index is 4560. The highest BCUT2D eigenvalue weighted by molar-refractivity contribution is 6.30. The number of carbonyl (C=O) groups excluding carboxylic acids is 2. The zero-order valence-electron chi connectivity index (χ0n) is 52.6. The topological polar surface area (TPSA) is 235 Å². The number of hydrogen-bond acceptors (Lipinski definition) is 16. The van der Waals surface area contributed by atoms with E-state index in [1.807, 2.05) is 141 Å². The molecule has 5 N–H and O–H groups in total. The van der Waals surface area contributed by atoms with Crippen LogP contribution in [-0.2, 0) is 29.3 Å². The first-order valence-corrected chi connectivity index (χ1v) is 30.2. The number of benzene rings is 6. The minimum absolute atomic E-state index is 0.0450. The van der Waals surface area contributed by atoms with Gasteiger partial charge in [0, 0.05) is 81.3 Å². The van der Waals surface area contributed by atoms with Gasteiger partial charge in [-0.2, -0.15) is 0 Å². The standard InChI is InChI=1S/C70H72N12O9/c1-12-23-79-56-27-41(38-91-49-29-42(28-45(35-49)86-8)80-39(2)60(83)57(66(80)72-7)64-73-51-17-13-14-18-52(51)74-64)20-22-54(56)77-67(79)58-61(84)69(3,4)81(63(58)71)43-30-48(89-11)36-50(33-43)90-37-40-19-21-53-55(26-40)76-65(75-53)59-62(85)70(5,6)82(68(59)78-24-15-16-25-78)44-31-46(87-9)34-47(32-44)88-10/h12-14,17-22,26-36,58,71-72,83H,1,15-16,23-25,37-38H2,2-11H3,(H,73,74)(H,75,76). The predicted molar refractivity (Wildman–Crippen MR) is 352 cm³/mol. The summed E-state index contributed by atoms with van der Waals surface area (Å²) in [5, 5.41) is 24.7. The van der Waals surface area contributed by atoms with Crippen molar-refractivity contribution in [3.05, 3.63) is 162 Å². The highest BCUT2D eigenvalue weighted by Gasteiger charge is 2.54. The molecule has 13 rings (SSSR count). The van der Waals surface area contributed by atoms with Gasteiger partial charge in [0.1, 0.15) is 117 Å². The van der Waals surface area contributed by atoms with Crippen molar-refractivity contribution in [2.45, 2.75) is 84.2 Å². The number of Topliss-reactive ketones (excluding diaryl/α,β-unsaturated/α-hetero) is 2. The minimum atomic E-state index is -1.20. The maximum Gasteiger partial charge on any atom is 0.195 e. The highest BCUT2D eigenvalue weighted by Crippen LogP contribution is 2.48. The van der Waals surface area contributed by atoms with Gasteiger partial charge < -0.3 is 68.1 Å². The number of carbonyl (C=O) groups is 2. The molecule has 10 aromatic rings. The lowest BCUT2D eigenvalue weighted by Gasteiger charge is -2.38. The van der Waals surface area contributed by atoms with Crippen molar-refractivity contribution in [2.24, 2.45) is 0 Å². The first-order valence-electron chi connectivity index (χ1n) is 30.2. The van der Waals surface area contributed by atoms with Crippen LogP contribution in [0.5, 0.6) is 40.2 Å². The molecule has 21 heteroatoms. The zero-order chi connectivity index (χ0) is 63.8. The number of para-hydroxylation sites is 2. The van der Waals surface area contributed by atoms with Crippen LogP contribution < -0.4 is 43.5 Å². The number of anilines is 3. The number of aromatic nitrogens is 7. The number of amidine groups is 1. The molecule has 1 unspecified atom stereocenters. The van der Waals surface area contributed by atoms with Crippen molar-refractivity contribution >= 4 is 73.3 Å². The van der Waals surface area contributed by atoms with E-state index in [0.29, 0.717) is 104 Å². The second-order valence-electron chi connectivity index (χ2n) is 24.0. The molecule has 0 radical (unpaired) electrons. The van der Waals surface area contributed by atoms with Gasteiger partial charge in [0.05, 0.1) is 84.3 Å². The number of aromatic amines is 2. The van der Waals surface area contributed by atoms with Gasteiger partial charge in [0.15, 0.2) is 11.6 Å². The van der Waals surface area contributed by atoms with Crippen LogP contribution in [0.3, 0.4) is 0 Å². The molecule has 1 atom stereocenters. The van der Waals surface area contributed by atoms with Crippen molar-refractivity contribution in [1.82, 2.24) is 39.0 Å². The summed E-state index contributed by atoms with van der Waals surface area (Å²) >= 11 is 0. The Morgan fingerprint density at radius 3 is 1.85 bits per heavy atom. The molecule has 4 aromatic heterocycles. The molecule has 7 heterocycles. The molecule has 2 fully saturated rings. The number of fused-ring (bicyclic) bond motifs is 3. The number of ether oxygens (including phenoxy) is 6. The molecule has 0 spiro atoms. The van der Waals surface area contributed by atoms with Gasteiger partial charge in [-0.1, -0.05) is 30.3 Å². The molecule has 3 aliphatic heterocycles. The van der Waals surface area contributed by atoms with Crippen LogP contribution in [-0.4, -0.2) is 121 Å². The van der Waals surface area contributed by atoms with E-state index in [1.165, 1.54) is 0 Å². The summed E-state index contributed by atoms with van der Waals surface area (Å²) in [4.78, 5) is 57.5. The summed E-state index contributed by atoms with van der Waals surface area (Å²) in [5.74, 6) is 4.89. The second-order valence-corrected chi connectivity index (χ2v) is 24.0. The molecular weight excluding hydrogens is 1150 g/mol. The van der Waals surface area contributed by atoms with Crippen LogP contribution in [0.4, 0.5) is 17.2 Å². The van der Waals surface area contributed by atoms with E-state index in [4.69, 9.17) is 43.4 Å². The Morgan fingerprint density at radius 1 is 0.670 bits per heavy atom. The zero-order valence-corrected chi connectivity index (χ0v) is 52.6. The largest absolute Gasteiger partial charge is 0.505 e. The number of hydrogen-bond donors (Lipinski definition) is 5. The number of allylic oxidation sites excluding steroid dienone is 1. The lowest BCUT2D eigenvalue weighted by molar-refractivity contribution is -0.122. The fourth-order valence-electron chi connectivity index (χ4n) is 13.1. The van der Waals surface area contributed by atoms with Crippen molar-refractivity contribution in [2.75, 3.05) is 63.7 Å². The van der Waals surface area contributed by atoms with E-state index in [1.54, 1.807) is 64.7 Å². The van der Waals surface area contributed by atoms with Crippen LogP contribution in [0, 0.1) is 12.3 Å². The average molecular weight is 1230 g/mol. The number of methoxy groups -OCH3 is 4. The van der Waals surface area contributed by atoms with E-state index >= 15 is 0 Å². The Morgan fingerprint density at radius 2 is 1.22 bits per heavy atom. The average Bonchev–Trinajstić information content (AvgIpc) is 1.59. The Hall–Kier alpha value is -10.7. The third-order valence-electron chi connectivity index (χ3n) is 17.7. The maximum absolute atomic E-state index is 14.9. The van der Waals surface area contributed by atoms with Crippen LogP contribution in [0.2, 0.25) is 0 Å². The third kappa shape index (κ3) is 10.1. The molecule has 6 aromatic carbocycles. The number of aromatic hydroxyl groups is 1. The molecular formula is C70H72N12O9. The Balaban J connectivity index is 0.752. The van der Waals surface area contributed by atoms with Gasteiger partial charge in [-0.3, -0.25) is 19.6 Å². The molecule has 21 nitrogen and oxygen atoms in total. The molecule has 0 bridgehead atoms. The summed E-state index contributed by atoms with van der Waals surface area (Å²) in [6.07, 6.45) is 3.76. The fourth-order valence-corrected chi connectivity index (χ4v) is 13.1. The van der Waals surface area contributed by atoms with Crippen LogP contribution in [0.1, 0.15) is 74.9 Å². The molecule has 91 heavy (non-hydrogen) atoms. The molecule has 0 saturated carbocycles. The quantitative estimate of drug-likeness (QED) is 0.0446. The van der Waals surface area contributed by atoms with Crippen molar-refractivity contribution in [1.29, 1.82) is 5.41 Å². The van der Waals surface area contributed by atoms with Crippen molar-refractivity contribution in [3.8, 4) is 57.3 Å². The maximum atomic E-state index is 14.9. The molecule has 2 saturated heterocycles.